The molecule has 0 bridgehead atoms. The summed E-state index contributed by atoms with van der Waals surface area (Å²) in [6.45, 7) is 5.95. The molecule has 0 amide bonds. The Morgan fingerprint density at radius 3 is 2.44 bits per heavy atom. The average molecular weight is 555 g/mol. The van der Waals surface area contributed by atoms with Crippen molar-refractivity contribution in [3.63, 3.8) is 0 Å². The summed E-state index contributed by atoms with van der Waals surface area (Å²) in [7, 11) is 0. The van der Waals surface area contributed by atoms with Gasteiger partial charge in [0.25, 0.3) is 0 Å². The average Bonchev–Trinajstić information content (AvgIpc) is 3.36. The third-order valence-corrected chi connectivity index (χ3v) is 8.66. The number of rotatable bonds is 11. The molecule has 1 saturated heterocycles. The third-order valence-electron chi connectivity index (χ3n) is 8.31. The van der Waals surface area contributed by atoms with Crippen molar-refractivity contribution in [1.29, 1.82) is 0 Å². The maximum atomic E-state index is 13.1. The maximum absolute atomic E-state index is 13.1. The molecule has 5 atom stereocenters. The molecule has 4 rings (SSSR count). The molecule has 3 N–H and O–H groups in total. The number of hydrogen-bond donors (Lipinski definition) is 3. The highest BCUT2D eigenvalue weighted by molar-refractivity contribution is 6.31. The molecule has 9 nitrogen and oxygen atoms in total. The van der Waals surface area contributed by atoms with Gasteiger partial charge in [0.05, 0.1) is 36.3 Å². The van der Waals surface area contributed by atoms with Gasteiger partial charge in [-0.1, -0.05) is 72.3 Å². The van der Waals surface area contributed by atoms with Crippen LogP contribution < -0.4 is 5.32 Å². The highest BCUT2D eigenvalue weighted by Crippen LogP contribution is 2.58. The van der Waals surface area contributed by atoms with E-state index in [9.17, 15) is 19.8 Å². The Labute approximate surface area is 233 Å². The van der Waals surface area contributed by atoms with Gasteiger partial charge in [-0.05, 0) is 37.5 Å². The molecular formula is C29H35ClN4O5. The number of hydrogen-bond acceptors (Lipinski definition) is 6. The van der Waals surface area contributed by atoms with E-state index < -0.39 is 40.8 Å². The molecule has 0 aliphatic carbocycles. The molecular weight excluding hydrogens is 520 g/mol. The second kappa shape index (κ2) is 11.9. The fourth-order valence-corrected chi connectivity index (χ4v) is 6.24. The number of carboxylic acid groups (broad SMARTS) is 2. The van der Waals surface area contributed by atoms with Crippen LogP contribution in [0.2, 0.25) is 5.02 Å². The lowest BCUT2D eigenvalue weighted by molar-refractivity contribution is -0.174. The predicted molar refractivity (Wildman–Crippen MR) is 147 cm³/mol. The standard InChI is InChI=1S/C29H35ClN4O5/c1-4-29(27(37)38)24(18-39-15-14-34-17-21(32-33-34)16-20-10-6-5-7-11-20)31-19(2)28(3,26(35)36)25(29)22-12-8-9-13-23(22)30/h5-13,17,19,24-25,31H,4,14-16,18H2,1-3H3,(H,35,36)(H,37,38). The molecule has 1 aromatic heterocycles. The Balaban J connectivity index is 1.53. The van der Waals surface area contributed by atoms with Crippen LogP contribution in [0, 0.1) is 10.8 Å². The molecule has 208 valence electrons. The van der Waals surface area contributed by atoms with Gasteiger partial charge in [-0.15, -0.1) is 5.10 Å². The molecule has 2 aromatic carbocycles. The first-order valence-corrected chi connectivity index (χ1v) is 13.5. The lowest BCUT2D eigenvalue weighted by Gasteiger charge is -2.56. The van der Waals surface area contributed by atoms with Crippen molar-refractivity contribution in [1.82, 2.24) is 20.3 Å². The summed E-state index contributed by atoms with van der Waals surface area (Å²) < 4.78 is 7.71. The summed E-state index contributed by atoms with van der Waals surface area (Å²) in [5.74, 6) is -3.07. The van der Waals surface area contributed by atoms with Gasteiger partial charge in [-0.2, -0.15) is 0 Å². The van der Waals surface area contributed by atoms with Crippen LogP contribution in [0.25, 0.3) is 0 Å². The quantitative estimate of drug-likeness (QED) is 0.300. The van der Waals surface area contributed by atoms with Crippen molar-refractivity contribution in [3.05, 3.63) is 82.6 Å². The summed E-state index contributed by atoms with van der Waals surface area (Å²) in [4.78, 5) is 25.8. The van der Waals surface area contributed by atoms with Gasteiger partial charge in [-0.3, -0.25) is 9.59 Å². The van der Waals surface area contributed by atoms with E-state index in [-0.39, 0.29) is 19.6 Å². The highest BCUT2D eigenvalue weighted by Gasteiger charge is 2.65. The summed E-state index contributed by atoms with van der Waals surface area (Å²) in [6, 6.07) is 15.7. The number of halogens is 1. The van der Waals surface area contributed by atoms with Crippen LogP contribution >= 0.6 is 11.6 Å². The molecule has 10 heteroatoms. The Bertz CT molecular complexity index is 1300. The number of aromatic nitrogens is 3. The minimum atomic E-state index is -1.49. The van der Waals surface area contributed by atoms with Gasteiger partial charge in [0.2, 0.25) is 0 Å². The number of nitrogens with zero attached hydrogens (tertiary/aromatic N) is 3. The maximum Gasteiger partial charge on any atom is 0.311 e. The first-order valence-electron chi connectivity index (χ1n) is 13.1. The number of aliphatic carboxylic acids is 2. The fourth-order valence-electron chi connectivity index (χ4n) is 5.99. The highest BCUT2D eigenvalue weighted by atomic mass is 35.5. The molecule has 5 unspecified atom stereocenters. The predicted octanol–water partition coefficient (Wildman–Crippen LogP) is 4.25. The Hall–Kier alpha value is -3.27. The number of carbonyl (C=O) groups is 2. The number of ether oxygens (including phenoxy) is 1. The lowest BCUT2D eigenvalue weighted by atomic mass is 9.51. The SMILES string of the molecule is CCC1(C(=O)O)C(COCCn2cc(Cc3ccccc3)nn2)NC(C)C(C)(C(=O)O)C1c1ccccc1Cl. The van der Waals surface area contributed by atoms with Crippen LogP contribution in [0.15, 0.2) is 60.8 Å². The molecule has 1 aliphatic heterocycles. The molecule has 39 heavy (non-hydrogen) atoms. The van der Waals surface area contributed by atoms with E-state index in [0.717, 1.165) is 11.3 Å². The zero-order valence-electron chi connectivity index (χ0n) is 22.4. The normalized spacial score (nSPS) is 26.8. The smallest absolute Gasteiger partial charge is 0.311 e. The molecule has 3 aromatic rings. The first kappa shape index (κ1) is 28.7. The van der Waals surface area contributed by atoms with E-state index in [1.54, 1.807) is 49.7 Å². The Morgan fingerprint density at radius 2 is 1.79 bits per heavy atom. The van der Waals surface area contributed by atoms with Crippen molar-refractivity contribution >= 4 is 23.5 Å². The van der Waals surface area contributed by atoms with Crippen LogP contribution in [-0.4, -0.2) is 62.4 Å². The summed E-state index contributed by atoms with van der Waals surface area (Å²) in [5, 5.41) is 33.1. The lowest BCUT2D eigenvalue weighted by Crippen LogP contribution is -2.70. The van der Waals surface area contributed by atoms with Gasteiger partial charge in [0.15, 0.2) is 0 Å². The van der Waals surface area contributed by atoms with Gasteiger partial charge >= 0.3 is 11.9 Å². The second-order valence-corrected chi connectivity index (χ2v) is 10.8. The zero-order chi connectivity index (χ0) is 28.2. The largest absolute Gasteiger partial charge is 0.481 e. The van der Waals surface area contributed by atoms with E-state index in [1.165, 1.54) is 0 Å². The third kappa shape index (κ3) is 5.44. The van der Waals surface area contributed by atoms with E-state index in [2.05, 4.69) is 15.6 Å². The number of carboxylic acids is 2. The minimum Gasteiger partial charge on any atom is -0.481 e. The first-order chi connectivity index (χ1) is 18.6. The molecule has 2 heterocycles. The van der Waals surface area contributed by atoms with Gasteiger partial charge in [-0.25, -0.2) is 4.68 Å². The molecule has 1 aliphatic rings. The number of piperidine rings is 1. The fraction of sp³-hybridized carbons (Fsp3) is 0.448. The molecule has 0 saturated carbocycles. The Kier molecular flexibility index (Phi) is 8.73. The summed E-state index contributed by atoms with van der Waals surface area (Å²) in [6.07, 6.45) is 2.73. The van der Waals surface area contributed by atoms with Crippen LogP contribution in [-0.2, 0) is 27.3 Å². The van der Waals surface area contributed by atoms with Crippen LogP contribution in [0.4, 0.5) is 0 Å². The number of benzene rings is 2. The van der Waals surface area contributed by atoms with Crippen LogP contribution in [0.1, 0.15) is 49.9 Å². The molecule has 0 spiro atoms. The monoisotopic (exact) mass is 554 g/mol. The summed E-state index contributed by atoms with van der Waals surface area (Å²) >= 11 is 6.57. The number of nitrogens with one attached hydrogen (secondary N) is 1. The van der Waals surface area contributed by atoms with Crippen molar-refractivity contribution in [2.75, 3.05) is 13.2 Å². The van der Waals surface area contributed by atoms with Gasteiger partial charge < -0.3 is 20.3 Å². The van der Waals surface area contributed by atoms with E-state index in [4.69, 9.17) is 16.3 Å². The summed E-state index contributed by atoms with van der Waals surface area (Å²) in [5.41, 5.74) is -0.424. The molecule has 0 radical (unpaired) electrons. The topological polar surface area (TPSA) is 127 Å². The Morgan fingerprint density at radius 1 is 1.10 bits per heavy atom. The second-order valence-electron chi connectivity index (χ2n) is 10.4. The van der Waals surface area contributed by atoms with Gasteiger partial charge in [0.1, 0.15) is 0 Å². The van der Waals surface area contributed by atoms with Crippen molar-refractivity contribution in [3.8, 4) is 0 Å². The van der Waals surface area contributed by atoms with E-state index >= 15 is 0 Å². The van der Waals surface area contributed by atoms with Crippen LogP contribution in [0.5, 0.6) is 0 Å². The molecule has 1 fully saturated rings. The van der Waals surface area contributed by atoms with Crippen molar-refractivity contribution in [2.24, 2.45) is 10.8 Å². The van der Waals surface area contributed by atoms with Crippen molar-refractivity contribution in [2.45, 2.75) is 58.2 Å². The zero-order valence-corrected chi connectivity index (χ0v) is 23.1. The minimum absolute atomic E-state index is 0.0761. The van der Waals surface area contributed by atoms with E-state index in [1.807, 2.05) is 36.5 Å². The van der Waals surface area contributed by atoms with Gasteiger partial charge in [0, 0.05) is 35.6 Å². The van der Waals surface area contributed by atoms with E-state index in [0.29, 0.717) is 23.6 Å². The van der Waals surface area contributed by atoms with Crippen molar-refractivity contribution < 1.29 is 24.5 Å². The van der Waals surface area contributed by atoms with Crippen LogP contribution in [0.3, 0.4) is 0 Å².